The van der Waals surface area contributed by atoms with E-state index in [0.29, 0.717) is 11.8 Å². The summed E-state index contributed by atoms with van der Waals surface area (Å²) in [6, 6.07) is 0. The van der Waals surface area contributed by atoms with Gasteiger partial charge in [-0.1, -0.05) is 13.8 Å². The highest BCUT2D eigenvalue weighted by Crippen LogP contribution is 2.22. The molecule has 0 N–H and O–H groups in total. The van der Waals surface area contributed by atoms with Crippen molar-refractivity contribution in [3.63, 3.8) is 0 Å². The Morgan fingerprint density at radius 1 is 1.36 bits per heavy atom. The van der Waals surface area contributed by atoms with Crippen molar-refractivity contribution in [2.75, 3.05) is 13.1 Å². The van der Waals surface area contributed by atoms with E-state index in [1.54, 1.807) is 0 Å². The highest BCUT2D eigenvalue weighted by molar-refractivity contribution is 4.94. The number of hydrogen-bond acceptors (Lipinski definition) is 5. The van der Waals surface area contributed by atoms with Crippen molar-refractivity contribution in [3.8, 4) is 0 Å². The predicted octanol–water partition coefficient (Wildman–Crippen LogP) is 2.38. The zero-order valence-corrected chi connectivity index (χ0v) is 13.7. The number of likely N-dealkylation sites (tertiary alicyclic amines) is 1. The molecule has 1 atom stereocenters. The predicted molar refractivity (Wildman–Crippen MR) is 83.3 cm³/mol. The molecule has 3 rings (SSSR count). The Hall–Kier alpha value is -1.69. The summed E-state index contributed by atoms with van der Waals surface area (Å²) in [4.78, 5) is 6.87. The number of aromatic nitrogens is 4. The lowest BCUT2D eigenvalue weighted by molar-refractivity contribution is 0.151. The fraction of sp³-hybridized carbons (Fsp3) is 0.688. The average Bonchev–Trinajstić information content (AvgIpc) is 3.10. The second-order valence-electron chi connectivity index (χ2n) is 6.59. The van der Waals surface area contributed by atoms with E-state index in [9.17, 15) is 0 Å². The molecule has 0 spiro atoms. The maximum atomic E-state index is 5.73. The lowest BCUT2D eigenvalue weighted by atomic mass is 9.94. The summed E-state index contributed by atoms with van der Waals surface area (Å²) in [6.07, 6.45) is 7.43. The van der Waals surface area contributed by atoms with Crippen LogP contribution in [0.4, 0.5) is 0 Å². The monoisotopic (exact) mass is 303 g/mol. The zero-order valence-electron chi connectivity index (χ0n) is 13.7. The van der Waals surface area contributed by atoms with Gasteiger partial charge in [-0.05, 0) is 25.3 Å². The Labute approximate surface area is 131 Å². The molecule has 0 saturated carbocycles. The fourth-order valence-electron chi connectivity index (χ4n) is 3.07. The topological polar surface area (TPSA) is 60.0 Å². The first-order valence-electron chi connectivity index (χ1n) is 8.12. The van der Waals surface area contributed by atoms with Gasteiger partial charge in [0.1, 0.15) is 5.82 Å². The molecular formula is C16H25N5O. The molecule has 0 radical (unpaired) electrons. The number of nitrogens with zero attached hydrogens (tertiary/aromatic N) is 5. The molecule has 0 aromatic carbocycles. The molecule has 0 aliphatic carbocycles. The summed E-state index contributed by atoms with van der Waals surface area (Å²) < 4.78 is 7.84. The van der Waals surface area contributed by atoms with Crippen LogP contribution in [0.15, 0.2) is 16.8 Å². The molecular weight excluding hydrogens is 278 g/mol. The van der Waals surface area contributed by atoms with Crippen molar-refractivity contribution >= 4 is 0 Å². The minimum Gasteiger partial charge on any atom is -0.424 e. The minimum absolute atomic E-state index is 0.291. The van der Waals surface area contributed by atoms with Crippen LogP contribution in [-0.2, 0) is 20.0 Å². The number of piperidine rings is 1. The summed E-state index contributed by atoms with van der Waals surface area (Å²) in [5.41, 5.74) is 0. The SMILES string of the molecule is CC(C)c1nnc(CN2CCC[C@@H](Cc3nccn3C)C2)o1. The second-order valence-corrected chi connectivity index (χ2v) is 6.59. The Balaban J connectivity index is 1.57. The maximum absolute atomic E-state index is 5.73. The summed E-state index contributed by atoms with van der Waals surface area (Å²) in [5.74, 6) is 3.59. The van der Waals surface area contributed by atoms with Gasteiger partial charge in [-0.3, -0.25) is 4.90 Å². The van der Waals surface area contributed by atoms with E-state index in [1.165, 1.54) is 18.7 Å². The highest BCUT2D eigenvalue weighted by atomic mass is 16.4. The maximum Gasteiger partial charge on any atom is 0.230 e. The summed E-state index contributed by atoms with van der Waals surface area (Å²) in [5, 5.41) is 8.29. The van der Waals surface area contributed by atoms with Gasteiger partial charge in [0, 0.05) is 38.3 Å². The molecule has 0 unspecified atom stereocenters. The quantitative estimate of drug-likeness (QED) is 0.848. The lowest BCUT2D eigenvalue weighted by Crippen LogP contribution is -2.36. The van der Waals surface area contributed by atoms with Gasteiger partial charge in [0.15, 0.2) is 0 Å². The largest absolute Gasteiger partial charge is 0.424 e. The molecule has 1 aliphatic rings. The van der Waals surface area contributed by atoms with Crippen molar-refractivity contribution in [1.29, 1.82) is 0 Å². The van der Waals surface area contributed by atoms with Gasteiger partial charge in [-0.15, -0.1) is 10.2 Å². The van der Waals surface area contributed by atoms with E-state index in [2.05, 4.69) is 45.5 Å². The van der Waals surface area contributed by atoms with Gasteiger partial charge in [0.2, 0.25) is 11.8 Å². The van der Waals surface area contributed by atoms with Crippen LogP contribution in [0, 0.1) is 5.92 Å². The lowest BCUT2D eigenvalue weighted by Gasteiger charge is -2.31. The molecule has 1 aliphatic heterocycles. The third-order valence-corrected chi connectivity index (χ3v) is 4.33. The van der Waals surface area contributed by atoms with E-state index >= 15 is 0 Å². The number of aryl methyl sites for hydroxylation is 1. The van der Waals surface area contributed by atoms with E-state index in [1.807, 2.05) is 12.4 Å². The van der Waals surface area contributed by atoms with Crippen LogP contribution >= 0.6 is 0 Å². The summed E-state index contributed by atoms with van der Waals surface area (Å²) in [6.45, 7) is 7.08. The van der Waals surface area contributed by atoms with E-state index < -0.39 is 0 Å². The molecule has 1 fully saturated rings. The van der Waals surface area contributed by atoms with Gasteiger partial charge in [-0.2, -0.15) is 0 Å². The van der Waals surface area contributed by atoms with Crippen LogP contribution in [0.25, 0.3) is 0 Å². The van der Waals surface area contributed by atoms with Gasteiger partial charge in [0.25, 0.3) is 0 Å². The number of rotatable bonds is 5. The molecule has 6 nitrogen and oxygen atoms in total. The van der Waals surface area contributed by atoms with E-state index in [-0.39, 0.29) is 0 Å². The molecule has 2 aromatic rings. The summed E-state index contributed by atoms with van der Waals surface area (Å²) in [7, 11) is 2.06. The van der Waals surface area contributed by atoms with Crippen molar-refractivity contribution in [1.82, 2.24) is 24.6 Å². The van der Waals surface area contributed by atoms with Crippen LogP contribution in [0.5, 0.6) is 0 Å². The third kappa shape index (κ3) is 3.55. The van der Waals surface area contributed by atoms with E-state index in [4.69, 9.17) is 4.42 Å². The van der Waals surface area contributed by atoms with Gasteiger partial charge >= 0.3 is 0 Å². The van der Waals surface area contributed by atoms with Gasteiger partial charge in [0.05, 0.1) is 6.54 Å². The van der Waals surface area contributed by atoms with Gasteiger partial charge in [-0.25, -0.2) is 4.98 Å². The van der Waals surface area contributed by atoms with Crippen molar-refractivity contribution < 1.29 is 4.42 Å². The highest BCUT2D eigenvalue weighted by Gasteiger charge is 2.23. The van der Waals surface area contributed by atoms with Crippen LogP contribution < -0.4 is 0 Å². The fourth-order valence-corrected chi connectivity index (χ4v) is 3.07. The molecule has 1 saturated heterocycles. The molecule has 3 heterocycles. The van der Waals surface area contributed by atoms with E-state index in [0.717, 1.165) is 37.8 Å². The Morgan fingerprint density at radius 3 is 2.91 bits per heavy atom. The Morgan fingerprint density at radius 2 is 2.23 bits per heavy atom. The second kappa shape index (κ2) is 6.60. The average molecular weight is 303 g/mol. The standard InChI is InChI=1S/C16H25N5O/c1-12(2)16-19-18-15(22-16)11-21-7-4-5-13(10-21)9-14-17-6-8-20(14)3/h6,8,12-13H,4-5,7,9-11H2,1-3H3/t13-/m0/s1. The molecule has 2 aromatic heterocycles. The van der Waals surface area contributed by atoms with Crippen molar-refractivity contribution in [2.45, 2.75) is 45.6 Å². The molecule has 0 bridgehead atoms. The van der Waals surface area contributed by atoms with Crippen molar-refractivity contribution in [2.24, 2.45) is 13.0 Å². The first-order chi connectivity index (χ1) is 10.6. The molecule has 120 valence electrons. The first-order valence-corrected chi connectivity index (χ1v) is 8.12. The van der Waals surface area contributed by atoms with Crippen LogP contribution in [-0.4, -0.2) is 37.7 Å². The Bertz CT molecular complexity index is 603. The summed E-state index contributed by atoms with van der Waals surface area (Å²) >= 11 is 0. The zero-order chi connectivity index (χ0) is 15.5. The molecule has 22 heavy (non-hydrogen) atoms. The molecule has 0 amide bonds. The smallest absolute Gasteiger partial charge is 0.230 e. The van der Waals surface area contributed by atoms with Gasteiger partial charge < -0.3 is 8.98 Å². The number of hydrogen-bond donors (Lipinski definition) is 0. The first kappa shape index (κ1) is 15.2. The van der Waals surface area contributed by atoms with Crippen molar-refractivity contribution in [3.05, 3.63) is 30.0 Å². The normalized spacial score (nSPS) is 19.9. The molecule has 6 heteroatoms. The van der Waals surface area contributed by atoms with Crippen LogP contribution in [0.2, 0.25) is 0 Å². The van der Waals surface area contributed by atoms with Crippen LogP contribution in [0.3, 0.4) is 0 Å². The minimum atomic E-state index is 0.291. The van der Waals surface area contributed by atoms with Crippen LogP contribution in [0.1, 0.15) is 50.2 Å². The third-order valence-electron chi connectivity index (χ3n) is 4.33. The number of imidazole rings is 1. The Kier molecular flexibility index (Phi) is 4.57.